The third-order valence-electron chi connectivity index (χ3n) is 4.89. The number of hydrogen-bond acceptors (Lipinski definition) is 8. The molecule has 0 amide bonds. The van der Waals surface area contributed by atoms with Crippen LogP contribution in [-0.2, 0) is 12.1 Å². The molecule has 0 spiro atoms. The highest BCUT2D eigenvalue weighted by molar-refractivity contribution is 5.48. The summed E-state index contributed by atoms with van der Waals surface area (Å²) in [6.45, 7) is 7.85. The van der Waals surface area contributed by atoms with Crippen molar-refractivity contribution in [3.63, 3.8) is 0 Å². The Morgan fingerprint density at radius 3 is 2.57 bits per heavy atom. The Morgan fingerprint density at radius 1 is 1.30 bits per heavy atom. The molecule has 2 unspecified atom stereocenters. The summed E-state index contributed by atoms with van der Waals surface area (Å²) in [5.74, 6) is 2.84. The fourth-order valence-corrected chi connectivity index (χ4v) is 3.15. The summed E-state index contributed by atoms with van der Waals surface area (Å²) in [5, 5.41) is 15.3. The number of nitrogens with one attached hydrogen (secondary N) is 2. The van der Waals surface area contributed by atoms with Crippen molar-refractivity contribution in [2.75, 3.05) is 5.32 Å². The molecule has 0 saturated carbocycles. The molecule has 2 N–H and O–H groups in total. The Bertz CT molecular complexity index is 1060. The zero-order valence-corrected chi connectivity index (χ0v) is 17.5. The maximum Gasteiger partial charge on any atom is 0.437 e. The number of benzene rings is 1. The van der Waals surface area contributed by atoms with Crippen LogP contribution < -0.4 is 16.4 Å². The molecule has 0 aliphatic carbocycles. The van der Waals surface area contributed by atoms with Crippen molar-refractivity contribution < 1.29 is 8.94 Å². The minimum atomic E-state index is -1.35. The van der Waals surface area contributed by atoms with Gasteiger partial charge in [0.2, 0.25) is 17.6 Å². The summed E-state index contributed by atoms with van der Waals surface area (Å²) in [7, 11) is 0. The second kappa shape index (κ2) is 8.97. The van der Waals surface area contributed by atoms with Gasteiger partial charge in [-0.25, -0.2) is 4.79 Å². The van der Waals surface area contributed by atoms with E-state index < -0.39 is 17.3 Å². The molecule has 3 rings (SSSR count). The van der Waals surface area contributed by atoms with Crippen LogP contribution in [0.3, 0.4) is 0 Å². The minimum absolute atomic E-state index is 0.0330. The number of para-hydroxylation sites is 1. The van der Waals surface area contributed by atoms with Gasteiger partial charge in [-0.15, -0.1) is 11.5 Å². The first kappa shape index (κ1) is 21.3. The van der Waals surface area contributed by atoms with Crippen LogP contribution in [0.5, 0.6) is 0 Å². The van der Waals surface area contributed by atoms with E-state index in [1.54, 1.807) is 13.8 Å². The number of rotatable bonds is 9. The average molecular weight is 410 g/mol. The summed E-state index contributed by atoms with van der Waals surface area (Å²) < 4.78 is 12.1. The van der Waals surface area contributed by atoms with Gasteiger partial charge in [0.15, 0.2) is 5.54 Å². The van der Waals surface area contributed by atoms with E-state index in [4.69, 9.17) is 15.4 Å². The quantitative estimate of drug-likeness (QED) is 0.517. The van der Waals surface area contributed by atoms with Crippen molar-refractivity contribution in [2.24, 2.45) is 0 Å². The molecule has 9 nitrogen and oxygen atoms in total. The Kier molecular flexibility index (Phi) is 6.37. The number of hydrogen-bond donors (Lipinski definition) is 2. The van der Waals surface area contributed by atoms with Crippen LogP contribution in [0, 0.1) is 19.3 Å². The van der Waals surface area contributed by atoms with Crippen LogP contribution in [0.2, 0.25) is 0 Å². The van der Waals surface area contributed by atoms with Gasteiger partial charge >= 0.3 is 5.76 Å². The lowest BCUT2D eigenvalue weighted by atomic mass is 9.87. The lowest BCUT2D eigenvalue weighted by molar-refractivity contribution is 0.243. The van der Waals surface area contributed by atoms with Gasteiger partial charge in [0.05, 0.1) is 0 Å². The molecule has 9 heteroatoms. The van der Waals surface area contributed by atoms with Crippen molar-refractivity contribution >= 4 is 5.69 Å². The summed E-state index contributed by atoms with van der Waals surface area (Å²) >= 11 is 0. The van der Waals surface area contributed by atoms with Gasteiger partial charge in [0, 0.05) is 25.2 Å². The van der Waals surface area contributed by atoms with E-state index in [0.717, 1.165) is 12.1 Å². The highest BCUT2D eigenvalue weighted by Gasteiger charge is 2.51. The van der Waals surface area contributed by atoms with Gasteiger partial charge in [0.1, 0.15) is 6.04 Å². The van der Waals surface area contributed by atoms with Crippen molar-refractivity contribution in [2.45, 2.75) is 58.3 Å². The standard InChI is InChI=1S/C21H26N6O3/c1-6-14(4)24-21(18-22-15(5)30-26-18,19-25-27(8-3)20(28)29-19)17(7-2)23-16-12-10-9-11-13-16/h2,9-14,17,23-24H,6,8H2,1,3-5H3/t14-,17?,21?/m0/s1. The van der Waals surface area contributed by atoms with Crippen LogP contribution in [0.1, 0.15) is 44.8 Å². The minimum Gasteiger partial charge on any atom is -0.390 e. The Labute approximate surface area is 174 Å². The first-order valence-electron chi connectivity index (χ1n) is 9.89. The van der Waals surface area contributed by atoms with E-state index >= 15 is 0 Å². The third kappa shape index (κ3) is 4.00. The normalized spacial score (nSPS) is 15.2. The van der Waals surface area contributed by atoms with Crippen LogP contribution >= 0.6 is 0 Å². The molecule has 3 atom stereocenters. The van der Waals surface area contributed by atoms with E-state index in [-0.39, 0.29) is 17.8 Å². The zero-order chi connectivity index (χ0) is 21.7. The summed E-state index contributed by atoms with van der Waals surface area (Å²) in [5.41, 5.74) is -0.564. The third-order valence-corrected chi connectivity index (χ3v) is 4.89. The van der Waals surface area contributed by atoms with Crippen molar-refractivity contribution in [3.8, 4) is 12.3 Å². The van der Waals surface area contributed by atoms with Gasteiger partial charge in [0.25, 0.3) is 0 Å². The van der Waals surface area contributed by atoms with E-state index in [1.165, 1.54) is 4.68 Å². The molecule has 0 radical (unpaired) electrons. The molecular weight excluding hydrogens is 384 g/mol. The van der Waals surface area contributed by atoms with E-state index in [1.807, 2.05) is 44.2 Å². The Morgan fingerprint density at radius 2 is 2.03 bits per heavy atom. The fraction of sp³-hybridized carbons (Fsp3) is 0.429. The fourth-order valence-electron chi connectivity index (χ4n) is 3.15. The van der Waals surface area contributed by atoms with Crippen molar-refractivity contribution in [1.29, 1.82) is 0 Å². The smallest absolute Gasteiger partial charge is 0.390 e. The Hall–Kier alpha value is -3.38. The topological polar surface area (TPSA) is 111 Å². The number of nitrogens with zero attached hydrogens (tertiary/aromatic N) is 4. The molecule has 158 valence electrons. The summed E-state index contributed by atoms with van der Waals surface area (Å²) in [6.07, 6.45) is 6.77. The van der Waals surface area contributed by atoms with E-state index in [0.29, 0.717) is 12.4 Å². The maximum absolute atomic E-state index is 12.3. The van der Waals surface area contributed by atoms with Crippen LogP contribution in [0.15, 0.2) is 44.1 Å². The highest BCUT2D eigenvalue weighted by Crippen LogP contribution is 2.32. The molecule has 2 heterocycles. The number of terminal acetylenes is 1. The molecule has 2 aromatic heterocycles. The molecule has 0 aliphatic rings. The molecule has 1 aromatic carbocycles. The van der Waals surface area contributed by atoms with Gasteiger partial charge in [-0.2, -0.15) is 9.67 Å². The molecule has 30 heavy (non-hydrogen) atoms. The van der Waals surface area contributed by atoms with E-state index in [9.17, 15) is 4.79 Å². The SMILES string of the molecule is C#CC(Nc1ccccc1)C(N[C@@H](C)CC)(c1noc(C)n1)c1nn(CC)c(=O)o1. The Balaban J connectivity index is 2.25. The molecule has 0 bridgehead atoms. The lowest BCUT2D eigenvalue weighted by Crippen LogP contribution is -2.58. The second-order valence-electron chi connectivity index (χ2n) is 7.00. The summed E-state index contributed by atoms with van der Waals surface area (Å²) in [6, 6.07) is 8.68. The van der Waals surface area contributed by atoms with Crippen LogP contribution in [0.4, 0.5) is 5.69 Å². The molecular formula is C21H26N6O3. The predicted molar refractivity (Wildman–Crippen MR) is 112 cm³/mol. The lowest BCUT2D eigenvalue weighted by Gasteiger charge is -2.36. The highest BCUT2D eigenvalue weighted by atomic mass is 16.5. The predicted octanol–water partition coefficient (Wildman–Crippen LogP) is 2.29. The number of anilines is 1. The second-order valence-corrected chi connectivity index (χ2v) is 7.00. The average Bonchev–Trinajstić information content (AvgIpc) is 3.36. The van der Waals surface area contributed by atoms with Gasteiger partial charge < -0.3 is 14.3 Å². The van der Waals surface area contributed by atoms with Gasteiger partial charge in [-0.3, -0.25) is 5.32 Å². The number of aryl methyl sites for hydroxylation is 2. The largest absolute Gasteiger partial charge is 0.437 e. The molecule has 0 saturated heterocycles. The maximum atomic E-state index is 12.3. The van der Waals surface area contributed by atoms with Gasteiger partial charge in [-0.1, -0.05) is 36.2 Å². The molecule has 0 aliphatic heterocycles. The first-order chi connectivity index (χ1) is 14.4. The van der Waals surface area contributed by atoms with Gasteiger partial charge in [-0.05, 0) is 32.4 Å². The zero-order valence-electron chi connectivity index (χ0n) is 17.5. The van der Waals surface area contributed by atoms with Crippen molar-refractivity contribution in [3.05, 3.63) is 58.5 Å². The number of aromatic nitrogens is 4. The summed E-state index contributed by atoms with van der Waals surface area (Å²) in [4.78, 5) is 16.8. The first-order valence-corrected chi connectivity index (χ1v) is 9.89. The van der Waals surface area contributed by atoms with Crippen molar-refractivity contribution in [1.82, 2.24) is 25.2 Å². The van der Waals surface area contributed by atoms with Crippen LogP contribution in [0.25, 0.3) is 0 Å². The monoisotopic (exact) mass is 410 g/mol. The molecule has 3 aromatic rings. The van der Waals surface area contributed by atoms with E-state index in [2.05, 4.69) is 31.8 Å². The van der Waals surface area contributed by atoms with Crippen LogP contribution in [-0.4, -0.2) is 32.0 Å². The molecule has 0 fully saturated rings.